The number of benzene rings is 7. The van der Waals surface area contributed by atoms with Crippen LogP contribution in [0.4, 0.5) is 0 Å². The third-order valence-corrected chi connectivity index (χ3v) is 9.45. The van der Waals surface area contributed by atoms with Gasteiger partial charge in [-0.05, 0) is 114 Å². The molecule has 0 nitrogen and oxygen atoms in total. The van der Waals surface area contributed by atoms with Gasteiger partial charge in [-0.1, -0.05) is 147 Å². The molecule has 0 atom stereocenters. The van der Waals surface area contributed by atoms with Gasteiger partial charge in [0.1, 0.15) is 0 Å². The fourth-order valence-electron chi connectivity index (χ4n) is 7.08. The predicted molar refractivity (Wildman–Crippen MR) is 191 cm³/mol. The van der Waals surface area contributed by atoms with Crippen LogP contribution in [0.5, 0.6) is 0 Å². The van der Waals surface area contributed by atoms with Gasteiger partial charge in [0.05, 0.1) is 0 Å². The highest BCUT2D eigenvalue weighted by Crippen LogP contribution is 2.54. The monoisotopic (exact) mass is 574 g/mol. The SMILES string of the molecule is CC1(C)c2ccc(-c3cc(-c4ccccc4)cc(-c4ccccc4)c3)cc2-c2c(-c3ccccc3)cc(-c3ccccc3)cc21. The maximum atomic E-state index is 2.44. The molecule has 7 aromatic carbocycles. The third kappa shape index (κ3) is 4.80. The van der Waals surface area contributed by atoms with Crippen molar-refractivity contribution in [2.45, 2.75) is 19.3 Å². The summed E-state index contributed by atoms with van der Waals surface area (Å²) in [6.07, 6.45) is 0. The molecule has 0 radical (unpaired) electrons. The second-order valence-corrected chi connectivity index (χ2v) is 12.6. The lowest BCUT2D eigenvalue weighted by atomic mass is 9.80. The molecular weight excluding hydrogens is 540 g/mol. The van der Waals surface area contributed by atoms with Gasteiger partial charge < -0.3 is 0 Å². The summed E-state index contributed by atoms with van der Waals surface area (Å²) >= 11 is 0. The molecule has 0 bridgehead atoms. The minimum atomic E-state index is -0.126. The van der Waals surface area contributed by atoms with Crippen molar-refractivity contribution in [1.82, 2.24) is 0 Å². The molecule has 0 aliphatic heterocycles. The van der Waals surface area contributed by atoms with Gasteiger partial charge in [-0.2, -0.15) is 0 Å². The summed E-state index contributed by atoms with van der Waals surface area (Å²) in [4.78, 5) is 0. The van der Waals surface area contributed by atoms with E-state index in [4.69, 9.17) is 0 Å². The summed E-state index contributed by atoms with van der Waals surface area (Å²) in [5, 5.41) is 0. The second kappa shape index (κ2) is 10.9. The van der Waals surface area contributed by atoms with Crippen molar-refractivity contribution in [2.24, 2.45) is 0 Å². The summed E-state index contributed by atoms with van der Waals surface area (Å²) in [5.41, 5.74) is 17.7. The predicted octanol–water partition coefficient (Wildman–Crippen LogP) is 12.3. The topological polar surface area (TPSA) is 0 Å². The molecule has 0 heteroatoms. The Labute approximate surface area is 266 Å². The quantitative estimate of drug-likeness (QED) is 0.192. The molecule has 0 N–H and O–H groups in total. The molecule has 7 aromatic rings. The van der Waals surface area contributed by atoms with Gasteiger partial charge in [-0.15, -0.1) is 0 Å². The van der Waals surface area contributed by atoms with Crippen molar-refractivity contribution in [1.29, 1.82) is 0 Å². The second-order valence-electron chi connectivity index (χ2n) is 12.6. The van der Waals surface area contributed by atoms with Gasteiger partial charge in [0.25, 0.3) is 0 Å². The van der Waals surface area contributed by atoms with Crippen molar-refractivity contribution < 1.29 is 0 Å². The lowest BCUT2D eigenvalue weighted by Crippen LogP contribution is -2.15. The van der Waals surface area contributed by atoms with E-state index in [1.807, 2.05) is 0 Å². The standard InChI is InChI=1S/C45H34/c1-45(2)42-24-23-35(38-26-36(31-15-7-3-8-16-31)25-37(27-38)32-17-9-4-10-18-32)28-41(42)44-40(34-21-13-6-14-22-34)29-39(30-43(44)45)33-19-11-5-12-20-33/h3-30H,1-2H3. The van der Waals surface area contributed by atoms with Crippen LogP contribution in [0.3, 0.4) is 0 Å². The van der Waals surface area contributed by atoms with E-state index in [0.717, 1.165) is 0 Å². The Morgan fingerprint density at radius 1 is 0.289 bits per heavy atom. The molecule has 0 saturated carbocycles. The highest BCUT2D eigenvalue weighted by Gasteiger charge is 2.37. The summed E-state index contributed by atoms with van der Waals surface area (Å²) in [6.45, 7) is 4.76. The smallest absolute Gasteiger partial charge is 0.0159 e. The summed E-state index contributed by atoms with van der Waals surface area (Å²) in [7, 11) is 0. The van der Waals surface area contributed by atoms with Crippen molar-refractivity contribution >= 4 is 0 Å². The zero-order valence-electron chi connectivity index (χ0n) is 25.7. The van der Waals surface area contributed by atoms with E-state index in [1.165, 1.54) is 77.9 Å². The summed E-state index contributed by atoms with van der Waals surface area (Å²) < 4.78 is 0. The normalized spacial score (nSPS) is 12.8. The van der Waals surface area contributed by atoms with Crippen LogP contribution in [0.2, 0.25) is 0 Å². The lowest BCUT2D eigenvalue weighted by molar-refractivity contribution is 0.661. The maximum Gasteiger partial charge on any atom is 0.0159 e. The minimum absolute atomic E-state index is 0.126. The van der Waals surface area contributed by atoms with Crippen LogP contribution in [0, 0.1) is 0 Å². The minimum Gasteiger partial charge on any atom is -0.0622 e. The van der Waals surface area contributed by atoms with Crippen LogP contribution in [-0.4, -0.2) is 0 Å². The van der Waals surface area contributed by atoms with E-state index >= 15 is 0 Å². The first-order valence-corrected chi connectivity index (χ1v) is 15.8. The third-order valence-electron chi connectivity index (χ3n) is 9.45. The number of hydrogen-bond acceptors (Lipinski definition) is 0. The molecule has 1 aliphatic rings. The first-order valence-electron chi connectivity index (χ1n) is 15.8. The Bertz CT molecular complexity index is 2080. The number of hydrogen-bond donors (Lipinski definition) is 0. The van der Waals surface area contributed by atoms with E-state index in [0.29, 0.717) is 0 Å². The summed E-state index contributed by atoms with van der Waals surface area (Å²) in [5.74, 6) is 0. The largest absolute Gasteiger partial charge is 0.0622 e. The van der Waals surface area contributed by atoms with Crippen LogP contribution < -0.4 is 0 Å². The van der Waals surface area contributed by atoms with Crippen LogP contribution in [0.25, 0.3) is 66.8 Å². The van der Waals surface area contributed by atoms with Gasteiger partial charge in [0.15, 0.2) is 0 Å². The van der Waals surface area contributed by atoms with E-state index in [1.54, 1.807) is 0 Å². The van der Waals surface area contributed by atoms with Crippen molar-refractivity contribution in [2.75, 3.05) is 0 Å². The highest BCUT2D eigenvalue weighted by atomic mass is 14.4. The molecule has 0 saturated heterocycles. The van der Waals surface area contributed by atoms with E-state index in [2.05, 4.69) is 184 Å². The summed E-state index contributed by atoms with van der Waals surface area (Å²) in [6, 6.07) is 62.1. The molecule has 0 amide bonds. The average Bonchev–Trinajstić information content (AvgIpc) is 3.34. The molecule has 45 heavy (non-hydrogen) atoms. The van der Waals surface area contributed by atoms with Gasteiger partial charge in [0, 0.05) is 5.41 Å². The Kier molecular flexibility index (Phi) is 6.58. The first-order chi connectivity index (χ1) is 22.1. The van der Waals surface area contributed by atoms with E-state index < -0.39 is 0 Å². The van der Waals surface area contributed by atoms with Crippen molar-refractivity contribution in [3.63, 3.8) is 0 Å². The van der Waals surface area contributed by atoms with Crippen LogP contribution in [0.15, 0.2) is 170 Å². The Morgan fingerprint density at radius 3 is 1.18 bits per heavy atom. The van der Waals surface area contributed by atoms with Gasteiger partial charge in [-0.25, -0.2) is 0 Å². The highest BCUT2D eigenvalue weighted by molar-refractivity contribution is 5.97. The van der Waals surface area contributed by atoms with Crippen molar-refractivity contribution in [3.8, 4) is 66.8 Å². The van der Waals surface area contributed by atoms with Crippen molar-refractivity contribution in [3.05, 3.63) is 181 Å². The molecule has 0 spiro atoms. The molecule has 214 valence electrons. The first kappa shape index (κ1) is 27.1. The van der Waals surface area contributed by atoms with E-state index in [9.17, 15) is 0 Å². The lowest BCUT2D eigenvalue weighted by Gasteiger charge is -2.23. The van der Waals surface area contributed by atoms with Crippen LogP contribution in [0.1, 0.15) is 25.0 Å². The van der Waals surface area contributed by atoms with Gasteiger partial charge in [-0.3, -0.25) is 0 Å². The van der Waals surface area contributed by atoms with Gasteiger partial charge >= 0.3 is 0 Å². The number of fused-ring (bicyclic) bond motifs is 3. The van der Waals surface area contributed by atoms with Crippen LogP contribution in [-0.2, 0) is 5.41 Å². The molecule has 0 fully saturated rings. The number of rotatable bonds is 5. The zero-order chi connectivity index (χ0) is 30.4. The Morgan fingerprint density at radius 2 is 0.689 bits per heavy atom. The zero-order valence-corrected chi connectivity index (χ0v) is 25.7. The maximum absolute atomic E-state index is 2.44. The molecule has 1 aliphatic carbocycles. The molecule has 0 aromatic heterocycles. The fourth-order valence-corrected chi connectivity index (χ4v) is 7.08. The molecular formula is C45H34. The van der Waals surface area contributed by atoms with Gasteiger partial charge in [0.2, 0.25) is 0 Å². The Balaban J connectivity index is 1.35. The molecule has 0 unspecified atom stereocenters. The van der Waals surface area contributed by atoms with Crippen LogP contribution >= 0.6 is 0 Å². The average molecular weight is 575 g/mol. The fraction of sp³-hybridized carbons (Fsp3) is 0.0667. The van der Waals surface area contributed by atoms with E-state index in [-0.39, 0.29) is 5.41 Å². The molecule has 0 heterocycles. The Hall–Kier alpha value is -5.46. The molecule has 8 rings (SSSR count).